The van der Waals surface area contributed by atoms with Crippen molar-refractivity contribution in [2.45, 2.75) is 40.5 Å². The molecule has 0 bridgehead atoms. The zero-order valence-electron chi connectivity index (χ0n) is 13.8. The summed E-state index contributed by atoms with van der Waals surface area (Å²) in [6, 6.07) is 5.59. The summed E-state index contributed by atoms with van der Waals surface area (Å²) in [6.45, 7) is 11.0. The van der Waals surface area contributed by atoms with Crippen molar-refractivity contribution < 1.29 is 4.79 Å². The molecule has 0 unspecified atom stereocenters. The maximum atomic E-state index is 11.8. The lowest BCUT2D eigenvalue weighted by Crippen LogP contribution is -2.30. The highest BCUT2D eigenvalue weighted by Crippen LogP contribution is 2.26. The van der Waals surface area contributed by atoms with Crippen molar-refractivity contribution in [3.8, 4) is 0 Å². The Balaban J connectivity index is 2.93. The number of amides is 1. The topological polar surface area (TPSA) is 58.4 Å². The van der Waals surface area contributed by atoms with Crippen LogP contribution in [-0.2, 0) is 0 Å². The Labute approximate surface area is 128 Å². The third-order valence-corrected chi connectivity index (χ3v) is 3.98. The Hall–Kier alpha value is -1.71. The number of anilines is 2. The first-order chi connectivity index (χ1) is 10.1. The third-order valence-electron chi connectivity index (χ3n) is 3.98. The van der Waals surface area contributed by atoms with Gasteiger partial charge in [0.15, 0.2) is 0 Å². The van der Waals surface area contributed by atoms with E-state index in [1.807, 2.05) is 19.1 Å². The van der Waals surface area contributed by atoms with Crippen molar-refractivity contribution in [2.75, 3.05) is 30.3 Å². The Morgan fingerprint density at radius 1 is 1.24 bits per heavy atom. The lowest BCUT2D eigenvalue weighted by molar-refractivity contribution is 0.0956. The number of nitrogen functional groups attached to an aromatic ring is 1. The molecule has 0 atom stereocenters. The smallest absolute Gasteiger partial charge is 0.251 e. The minimum absolute atomic E-state index is 0.0706. The Morgan fingerprint density at radius 2 is 1.90 bits per heavy atom. The molecule has 1 amide bonds. The summed E-state index contributed by atoms with van der Waals surface area (Å²) in [4.78, 5) is 14.1. The van der Waals surface area contributed by atoms with Gasteiger partial charge in [0.1, 0.15) is 0 Å². The van der Waals surface area contributed by atoms with Gasteiger partial charge >= 0.3 is 0 Å². The van der Waals surface area contributed by atoms with E-state index in [1.54, 1.807) is 6.07 Å². The number of nitrogens with zero attached hydrogens (tertiary/aromatic N) is 1. The van der Waals surface area contributed by atoms with E-state index in [2.05, 4.69) is 31.0 Å². The maximum Gasteiger partial charge on any atom is 0.251 e. The van der Waals surface area contributed by atoms with Crippen LogP contribution in [0, 0.1) is 5.92 Å². The first kappa shape index (κ1) is 17.3. The van der Waals surface area contributed by atoms with Crippen molar-refractivity contribution >= 4 is 17.3 Å². The second-order valence-electron chi connectivity index (χ2n) is 5.35. The molecule has 0 saturated heterocycles. The molecule has 0 aliphatic heterocycles. The molecule has 3 N–H and O–H groups in total. The van der Waals surface area contributed by atoms with Crippen LogP contribution in [0.1, 0.15) is 50.9 Å². The van der Waals surface area contributed by atoms with Crippen LogP contribution in [0.3, 0.4) is 0 Å². The zero-order valence-corrected chi connectivity index (χ0v) is 13.8. The van der Waals surface area contributed by atoms with E-state index in [0.717, 1.165) is 18.8 Å². The number of rotatable bonds is 8. The number of nitrogens with one attached hydrogen (secondary N) is 1. The SMILES string of the molecule is CCNC(=O)c1ccc(N(CC)CC(CC)CC)c(N)c1. The van der Waals surface area contributed by atoms with E-state index in [0.29, 0.717) is 23.7 Å². The Bertz CT molecular complexity index is 455. The zero-order chi connectivity index (χ0) is 15.8. The van der Waals surface area contributed by atoms with Gasteiger partial charge in [-0.25, -0.2) is 0 Å². The summed E-state index contributed by atoms with van der Waals surface area (Å²) in [5.74, 6) is 0.603. The molecule has 4 nitrogen and oxygen atoms in total. The second kappa shape index (κ2) is 8.55. The summed E-state index contributed by atoms with van der Waals surface area (Å²) in [6.07, 6.45) is 2.34. The van der Waals surface area contributed by atoms with Gasteiger partial charge in [0.25, 0.3) is 5.91 Å². The minimum atomic E-state index is -0.0706. The molecule has 1 aromatic rings. The molecule has 0 heterocycles. The summed E-state index contributed by atoms with van der Waals surface area (Å²) < 4.78 is 0. The number of hydrogen-bond donors (Lipinski definition) is 2. The number of benzene rings is 1. The number of nitrogens with two attached hydrogens (primary N) is 1. The van der Waals surface area contributed by atoms with Gasteiger partial charge in [0, 0.05) is 25.2 Å². The number of carbonyl (C=O) groups is 1. The third kappa shape index (κ3) is 4.66. The van der Waals surface area contributed by atoms with Crippen LogP contribution in [0.15, 0.2) is 18.2 Å². The van der Waals surface area contributed by atoms with Crippen molar-refractivity contribution in [2.24, 2.45) is 5.92 Å². The lowest BCUT2D eigenvalue weighted by Gasteiger charge is -2.28. The van der Waals surface area contributed by atoms with Gasteiger partial charge in [-0.3, -0.25) is 4.79 Å². The van der Waals surface area contributed by atoms with Crippen LogP contribution in [0.2, 0.25) is 0 Å². The summed E-state index contributed by atoms with van der Waals surface area (Å²) in [5.41, 5.74) is 8.49. The predicted octanol–water partition coefficient (Wildman–Crippen LogP) is 3.28. The molecule has 0 spiro atoms. The van der Waals surface area contributed by atoms with E-state index in [9.17, 15) is 4.79 Å². The first-order valence-corrected chi connectivity index (χ1v) is 7.99. The van der Waals surface area contributed by atoms with E-state index < -0.39 is 0 Å². The van der Waals surface area contributed by atoms with Gasteiger partial charge in [-0.1, -0.05) is 26.7 Å². The fourth-order valence-electron chi connectivity index (χ4n) is 2.50. The standard InChI is InChI=1S/C17H29N3O/c1-5-13(6-2)12-20(8-4)16-10-9-14(11-15(16)18)17(21)19-7-3/h9-11,13H,5-8,12,18H2,1-4H3,(H,19,21). The molecule has 0 aromatic heterocycles. The molecule has 21 heavy (non-hydrogen) atoms. The van der Waals surface area contributed by atoms with E-state index in [4.69, 9.17) is 5.73 Å². The van der Waals surface area contributed by atoms with Gasteiger partial charge in [0.05, 0.1) is 11.4 Å². The molecule has 0 radical (unpaired) electrons. The van der Waals surface area contributed by atoms with Gasteiger partial charge in [-0.15, -0.1) is 0 Å². The first-order valence-electron chi connectivity index (χ1n) is 7.99. The minimum Gasteiger partial charge on any atom is -0.397 e. The van der Waals surface area contributed by atoms with E-state index in [-0.39, 0.29) is 5.91 Å². The van der Waals surface area contributed by atoms with Crippen LogP contribution in [0.25, 0.3) is 0 Å². The molecular formula is C17H29N3O. The van der Waals surface area contributed by atoms with Crippen LogP contribution < -0.4 is 16.0 Å². The van der Waals surface area contributed by atoms with Gasteiger partial charge in [-0.05, 0) is 38.0 Å². The molecule has 0 fully saturated rings. The fraction of sp³-hybridized carbons (Fsp3) is 0.588. The number of hydrogen-bond acceptors (Lipinski definition) is 3. The van der Waals surface area contributed by atoms with Crippen LogP contribution in [0.4, 0.5) is 11.4 Å². The predicted molar refractivity (Wildman–Crippen MR) is 90.8 cm³/mol. The van der Waals surface area contributed by atoms with Crippen molar-refractivity contribution in [3.63, 3.8) is 0 Å². The summed E-state index contributed by atoms with van der Waals surface area (Å²) in [7, 11) is 0. The van der Waals surface area contributed by atoms with Crippen molar-refractivity contribution in [1.82, 2.24) is 5.32 Å². The molecule has 1 rings (SSSR count). The summed E-state index contributed by atoms with van der Waals surface area (Å²) in [5, 5.41) is 2.79. The molecule has 0 aliphatic rings. The quantitative estimate of drug-likeness (QED) is 0.723. The van der Waals surface area contributed by atoms with Gasteiger partial charge < -0.3 is 16.0 Å². The lowest BCUT2D eigenvalue weighted by atomic mass is 10.0. The van der Waals surface area contributed by atoms with E-state index in [1.165, 1.54) is 12.8 Å². The van der Waals surface area contributed by atoms with Crippen LogP contribution >= 0.6 is 0 Å². The van der Waals surface area contributed by atoms with Crippen molar-refractivity contribution in [3.05, 3.63) is 23.8 Å². The molecule has 0 saturated carbocycles. The largest absolute Gasteiger partial charge is 0.397 e. The highest BCUT2D eigenvalue weighted by molar-refractivity contribution is 5.96. The average Bonchev–Trinajstić information content (AvgIpc) is 2.49. The second-order valence-corrected chi connectivity index (χ2v) is 5.35. The Morgan fingerprint density at radius 3 is 2.38 bits per heavy atom. The van der Waals surface area contributed by atoms with Gasteiger partial charge in [0.2, 0.25) is 0 Å². The van der Waals surface area contributed by atoms with Gasteiger partial charge in [-0.2, -0.15) is 0 Å². The highest BCUT2D eigenvalue weighted by atomic mass is 16.1. The molecule has 0 aliphatic carbocycles. The van der Waals surface area contributed by atoms with E-state index >= 15 is 0 Å². The molecule has 4 heteroatoms. The monoisotopic (exact) mass is 291 g/mol. The van der Waals surface area contributed by atoms with Crippen molar-refractivity contribution in [1.29, 1.82) is 0 Å². The van der Waals surface area contributed by atoms with Crippen LogP contribution in [0.5, 0.6) is 0 Å². The molecule has 118 valence electrons. The molecule has 1 aromatic carbocycles. The molecular weight excluding hydrogens is 262 g/mol. The maximum absolute atomic E-state index is 11.8. The highest BCUT2D eigenvalue weighted by Gasteiger charge is 2.14. The summed E-state index contributed by atoms with van der Waals surface area (Å²) >= 11 is 0. The van der Waals surface area contributed by atoms with Crippen LogP contribution in [-0.4, -0.2) is 25.5 Å². The normalized spacial score (nSPS) is 10.7. The average molecular weight is 291 g/mol. The number of carbonyl (C=O) groups excluding carboxylic acids is 1. The fourth-order valence-corrected chi connectivity index (χ4v) is 2.50. The Kier molecular flexibility index (Phi) is 7.06.